The summed E-state index contributed by atoms with van der Waals surface area (Å²) in [5, 5.41) is 15.2. The fourth-order valence-electron chi connectivity index (χ4n) is 1.93. The molecule has 2 rings (SSSR count). The van der Waals surface area contributed by atoms with Crippen LogP contribution in [0.25, 0.3) is 0 Å². The van der Waals surface area contributed by atoms with Gasteiger partial charge < -0.3 is 10.6 Å². The average molecular weight is 257 g/mol. The van der Waals surface area contributed by atoms with Gasteiger partial charge in [0.05, 0.1) is 12.0 Å². The molecular formula is C15H19N3O. The molecule has 0 aromatic heterocycles. The van der Waals surface area contributed by atoms with E-state index in [2.05, 4.69) is 16.7 Å². The Morgan fingerprint density at radius 1 is 1.32 bits per heavy atom. The molecule has 19 heavy (non-hydrogen) atoms. The Kier molecular flexibility index (Phi) is 4.93. The molecule has 0 aliphatic heterocycles. The Morgan fingerprint density at radius 2 is 2.05 bits per heavy atom. The second-order valence-corrected chi connectivity index (χ2v) is 4.86. The number of carbonyl (C=O) groups excluding carboxylic acids is 1. The zero-order chi connectivity index (χ0) is 13.5. The molecule has 1 aromatic carbocycles. The van der Waals surface area contributed by atoms with Gasteiger partial charge in [-0.25, -0.2) is 0 Å². The number of hydrogen-bond acceptors (Lipinski definition) is 3. The van der Waals surface area contributed by atoms with Crippen LogP contribution in [-0.4, -0.2) is 25.5 Å². The molecular weight excluding hydrogens is 238 g/mol. The van der Waals surface area contributed by atoms with E-state index in [1.807, 2.05) is 30.3 Å². The third-order valence-electron chi connectivity index (χ3n) is 3.26. The van der Waals surface area contributed by atoms with Crippen molar-refractivity contribution in [2.24, 2.45) is 5.92 Å². The quantitative estimate of drug-likeness (QED) is 0.726. The van der Waals surface area contributed by atoms with Crippen molar-refractivity contribution >= 4 is 5.91 Å². The summed E-state index contributed by atoms with van der Waals surface area (Å²) in [5.41, 5.74) is 1.03. The molecule has 1 saturated carbocycles. The summed E-state index contributed by atoms with van der Waals surface area (Å²) in [4.78, 5) is 11.4. The van der Waals surface area contributed by atoms with Crippen molar-refractivity contribution in [1.82, 2.24) is 10.6 Å². The Balaban J connectivity index is 1.64. The number of hydrogen-bond donors (Lipinski definition) is 2. The third kappa shape index (κ3) is 4.38. The maximum absolute atomic E-state index is 11.4. The highest BCUT2D eigenvalue weighted by Crippen LogP contribution is 2.28. The van der Waals surface area contributed by atoms with Crippen LogP contribution in [0.3, 0.4) is 0 Å². The van der Waals surface area contributed by atoms with Crippen LogP contribution in [-0.2, 0) is 4.79 Å². The molecule has 4 heteroatoms. The first kappa shape index (κ1) is 13.6. The lowest BCUT2D eigenvalue weighted by atomic mass is 10.0. The standard InChI is InChI=1S/C15H19N3O/c16-10-14(12-4-2-1-3-5-12)11-17-8-9-18-15(19)13-6-7-13/h1-5,13-14,17H,6-9,11H2,(H,18,19). The maximum atomic E-state index is 11.4. The van der Waals surface area contributed by atoms with Gasteiger partial charge in [0.1, 0.15) is 0 Å². The van der Waals surface area contributed by atoms with Crippen LogP contribution in [0.15, 0.2) is 30.3 Å². The van der Waals surface area contributed by atoms with Crippen LogP contribution in [0.5, 0.6) is 0 Å². The number of nitriles is 1. The molecule has 1 unspecified atom stereocenters. The van der Waals surface area contributed by atoms with Gasteiger partial charge in [0.25, 0.3) is 0 Å². The number of amides is 1. The first-order chi connectivity index (χ1) is 9.31. The molecule has 4 nitrogen and oxygen atoms in total. The van der Waals surface area contributed by atoms with E-state index in [-0.39, 0.29) is 17.7 Å². The lowest BCUT2D eigenvalue weighted by Crippen LogP contribution is -2.34. The van der Waals surface area contributed by atoms with Crippen LogP contribution in [0.1, 0.15) is 24.3 Å². The van der Waals surface area contributed by atoms with Crippen molar-refractivity contribution in [3.63, 3.8) is 0 Å². The second kappa shape index (κ2) is 6.91. The molecule has 2 N–H and O–H groups in total. The predicted octanol–water partition coefficient (Wildman–Crippen LogP) is 1.41. The smallest absolute Gasteiger partial charge is 0.223 e. The highest BCUT2D eigenvalue weighted by atomic mass is 16.2. The van der Waals surface area contributed by atoms with Gasteiger partial charge in [-0.2, -0.15) is 5.26 Å². The minimum absolute atomic E-state index is 0.139. The van der Waals surface area contributed by atoms with E-state index < -0.39 is 0 Å². The van der Waals surface area contributed by atoms with Crippen molar-refractivity contribution in [2.45, 2.75) is 18.8 Å². The van der Waals surface area contributed by atoms with Crippen LogP contribution in [0.4, 0.5) is 0 Å². The lowest BCUT2D eigenvalue weighted by molar-refractivity contribution is -0.122. The van der Waals surface area contributed by atoms with Gasteiger partial charge in [-0.1, -0.05) is 30.3 Å². The fraction of sp³-hybridized carbons (Fsp3) is 0.467. The molecule has 0 saturated heterocycles. The SMILES string of the molecule is N#CC(CNCCNC(=O)C1CC1)c1ccccc1. The molecule has 0 bridgehead atoms. The topological polar surface area (TPSA) is 64.9 Å². The summed E-state index contributed by atoms with van der Waals surface area (Å²) in [6, 6.07) is 12.0. The molecule has 100 valence electrons. The fourth-order valence-corrected chi connectivity index (χ4v) is 1.93. The molecule has 1 amide bonds. The Labute approximate surface area is 113 Å². The highest BCUT2D eigenvalue weighted by Gasteiger charge is 2.28. The monoisotopic (exact) mass is 257 g/mol. The van der Waals surface area contributed by atoms with Gasteiger partial charge in [0.2, 0.25) is 5.91 Å². The molecule has 0 radical (unpaired) electrons. The van der Waals surface area contributed by atoms with Crippen LogP contribution < -0.4 is 10.6 Å². The van der Waals surface area contributed by atoms with E-state index in [1.54, 1.807) is 0 Å². The number of nitrogens with one attached hydrogen (secondary N) is 2. The van der Waals surface area contributed by atoms with Crippen molar-refractivity contribution in [3.05, 3.63) is 35.9 Å². The molecule has 1 aliphatic rings. The van der Waals surface area contributed by atoms with Gasteiger partial charge in [-0.15, -0.1) is 0 Å². The minimum Gasteiger partial charge on any atom is -0.355 e. The van der Waals surface area contributed by atoms with Gasteiger partial charge in [-0.05, 0) is 18.4 Å². The van der Waals surface area contributed by atoms with E-state index >= 15 is 0 Å². The lowest BCUT2D eigenvalue weighted by Gasteiger charge is -2.11. The van der Waals surface area contributed by atoms with Crippen molar-refractivity contribution in [3.8, 4) is 6.07 Å². The molecule has 1 aromatic rings. The zero-order valence-corrected chi connectivity index (χ0v) is 10.9. The van der Waals surface area contributed by atoms with E-state index in [4.69, 9.17) is 5.26 Å². The Morgan fingerprint density at radius 3 is 2.68 bits per heavy atom. The van der Waals surface area contributed by atoms with Gasteiger partial charge in [0.15, 0.2) is 0 Å². The average Bonchev–Trinajstić information content (AvgIpc) is 3.28. The molecule has 1 fully saturated rings. The van der Waals surface area contributed by atoms with Crippen LogP contribution >= 0.6 is 0 Å². The number of carbonyl (C=O) groups is 1. The van der Waals surface area contributed by atoms with E-state index in [0.29, 0.717) is 19.6 Å². The van der Waals surface area contributed by atoms with Crippen molar-refractivity contribution < 1.29 is 4.79 Å². The summed E-state index contributed by atoms with van der Waals surface area (Å²) in [7, 11) is 0. The minimum atomic E-state index is -0.139. The predicted molar refractivity (Wildman–Crippen MR) is 73.4 cm³/mol. The number of benzene rings is 1. The summed E-state index contributed by atoms with van der Waals surface area (Å²) in [5.74, 6) is 0.290. The summed E-state index contributed by atoms with van der Waals surface area (Å²) >= 11 is 0. The van der Waals surface area contributed by atoms with Crippen molar-refractivity contribution in [2.75, 3.05) is 19.6 Å². The second-order valence-electron chi connectivity index (χ2n) is 4.86. The Hall–Kier alpha value is -1.86. The van der Waals surface area contributed by atoms with Crippen molar-refractivity contribution in [1.29, 1.82) is 5.26 Å². The first-order valence-electron chi connectivity index (χ1n) is 6.74. The maximum Gasteiger partial charge on any atom is 0.223 e. The van der Waals surface area contributed by atoms with Gasteiger partial charge >= 0.3 is 0 Å². The zero-order valence-electron chi connectivity index (χ0n) is 10.9. The molecule has 0 heterocycles. The molecule has 1 aliphatic carbocycles. The van der Waals surface area contributed by atoms with E-state index in [0.717, 1.165) is 18.4 Å². The summed E-state index contributed by atoms with van der Waals surface area (Å²) in [6.45, 7) is 1.94. The number of nitrogens with zero attached hydrogens (tertiary/aromatic N) is 1. The third-order valence-corrected chi connectivity index (χ3v) is 3.26. The van der Waals surface area contributed by atoms with Gasteiger partial charge in [0, 0.05) is 25.6 Å². The molecule has 0 spiro atoms. The molecule has 1 atom stereocenters. The van der Waals surface area contributed by atoms with Crippen LogP contribution in [0, 0.1) is 17.2 Å². The summed E-state index contributed by atoms with van der Waals surface area (Å²) in [6.07, 6.45) is 2.06. The Bertz CT molecular complexity index is 448. The van der Waals surface area contributed by atoms with Crippen LogP contribution in [0.2, 0.25) is 0 Å². The first-order valence-corrected chi connectivity index (χ1v) is 6.74. The summed E-state index contributed by atoms with van der Waals surface area (Å²) < 4.78 is 0. The largest absolute Gasteiger partial charge is 0.355 e. The normalized spacial score (nSPS) is 15.5. The van der Waals surface area contributed by atoms with E-state index in [1.165, 1.54) is 0 Å². The van der Waals surface area contributed by atoms with Gasteiger partial charge in [-0.3, -0.25) is 4.79 Å². The number of rotatable bonds is 7. The van der Waals surface area contributed by atoms with E-state index in [9.17, 15) is 4.79 Å². The highest BCUT2D eigenvalue weighted by molar-refractivity contribution is 5.80.